The highest BCUT2D eigenvalue weighted by Crippen LogP contribution is 2.32. The van der Waals surface area contributed by atoms with E-state index in [2.05, 4.69) is 10.4 Å². The average Bonchev–Trinajstić information content (AvgIpc) is 3.37. The second-order valence-electron chi connectivity index (χ2n) is 8.39. The summed E-state index contributed by atoms with van der Waals surface area (Å²) in [7, 11) is -1.55. The fourth-order valence-corrected chi connectivity index (χ4v) is 6.06. The Morgan fingerprint density at radius 2 is 1.91 bits per heavy atom. The molecule has 8 nitrogen and oxygen atoms in total. The molecule has 0 saturated carbocycles. The van der Waals surface area contributed by atoms with Crippen LogP contribution in [-0.2, 0) is 9.84 Å². The van der Waals surface area contributed by atoms with Gasteiger partial charge >= 0.3 is 0 Å². The second-order valence-corrected chi connectivity index (χ2v) is 10.6. The molecule has 174 valence electrons. The van der Waals surface area contributed by atoms with E-state index < -0.39 is 9.84 Å². The third kappa shape index (κ3) is 4.14. The van der Waals surface area contributed by atoms with Crippen LogP contribution in [0.15, 0.2) is 60.7 Å². The standard InChI is InChI=1S/C25H24N4O4S/c1-16-23-21(25(30)26-18-9-6-10-20(13-18)33-2)14-22(17-7-4-3-5-8-17)27-24(23)29(28-16)19-11-12-34(31,32)15-19/h3-10,13-14,19H,11-12,15H2,1-2H3,(H,26,30)/t19-/m0/s1. The van der Waals surface area contributed by atoms with Crippen molar-refractivity contribution in [1.82, 2.24) is 14.8 Å². The molecule has 1 saturated heterocycles. The molecule has 1 aliphatic rings. The molecule has 1 amide bonds. The van der Waals surface area contributed by atoms with Crippen LogP contribution >= 0.6 is 0 Å². The van der Waals surface area contributed by atoms with E-state index in [1.807, 2.05) is 37.3 Å². The molecule has 3 heterocycles. The molecule has 0 aliphatic carbocycles. The summed E-state index contributed by atoms with van der Waals surface area (Å²) in [5.74, 6) is 0.472. The van der Waals surface area contributed by atoms with Crippen LogP contribution < -0.4 is 10.1 Å². The van der Waals surface area contributed by atoms with E-state index in [4.69, 9.17) is 9.72 Å². The van der Waals surface area contributed by atoms with Crippen molar-refractivity contribution in [2.45, 2.75) is 19.4 Å². The van der Waals surface area contributed by atoms with Gasteiger partial charge in [0, 0.05) is 17.3 Å². The van der Waals surface area contributed by atoms with Crippen LogP contribution in [0.25, 0.3) is 22.3 Å². The molecule has 4 aromatic rings. The summed E-state index contributed by atoms with van der Waals surface area (Å²) in [5, 5.41) is 8.20. The van der Waals surface area contributed by atoms with Crippen LogP contribution in [0, 0.1) is 6.92 Å². The Hall–Kier alpha value is -3.72. The Kier molecular flexibility index (Phi) is 5.57. The minimum atomic E-state index is -3.12. The number of fused-ring (bicyclic) bond motifs is 1. The number of rotatable bonds is 5. The molecule has 1 atom stereocenters. The lowest BCUT2D eigenvalue weighted by Crippen LogP contribution is -2.15. The number of sulfone groups is 1. The number of nitrogens with zero attached hydrogens (tertiary/aromatic N) is 3. The molecule has 34 heavy (non-hydrogen) atoms. The fraction of sp³-hybridized carbons (Fsp3) is 0.240. The lowest BCUT2D eigenvalue weighted by atomic mass is 10.0. The van der Waals surface area contributed by atoms with Gasteiger partial charge in [0.1, 0.15) is 5.75 Å². The highest BCUT2D eigenvalue weighted by Gasteiger charge is 2.32. The van der Waals surface area contributed by atoms with Crippen molar-refractivity contribution in [3.8, 4) is 17.0 Å². The molecule has 0 radical (unpaired) electrons. The molecule has 0 spiro atoms. The molecule has 0 bridgehead atoms. The Morgan fingerprint density at radius 1 is 1.12 bits per heavy atom. The molecular weight excluding hydrogens is 452 g/mol. The largest absolute Gasteiger partial charge is 0.497 e. The fourth-order valence-electron chi connectivity index (χ4n) is 4.37. The number of nitrogens with one attached hydrogen (secondary N) is 1. The van der Waals surface area contributed by atoms with Gasteiger partial charge in [0.25, 0.3) is 5.91 Å². The number of hydrogen-bond donors (Lipinski definition) is 1. The number of aromatic nitrogens is 3. The van der Waals surface area contributed by atoms with E-state index in [0.29, 0.717) is 45.8 Å². The van der Waals surface area contributed by atoms with Crippen molar-refractivity contribution in [3.63, 3.8) is 0 Å². The van der Waals surface area contributed by atoms with E-state index in [9.17, 15) is 13.2 Å². The number of amides is 1. The number of carbonyl (C=O) groups excluding carboxylic acids is 1. The molecular formula is C25H24N4O4S. The van der Waals surface area contributed by atoms with Gasteiger partial charge in [-0.15, -0.1) is 0 Å². The number of benzene rings is 2. The first-order valence-corrected chi connectivity index (χ1v) is 12.8. The Morgan fingerprint density at radius 3 is 2.62 bits per heavy atom. The molecule has 5 rings (SSSR count). The highest BCUT2D eigenvalue weighted by molar-refractivity contribution is 7.91. The van der Waals surface area contributed by atoms with Gasteiger partial charge in [-0.3, -0.25) is 4.79 Å². The van der Waals surface area contributed by atoms with Gasteiger partial charge in [-0.25, -0.2) is 18.1 Å². The number of aryl methyl sites for hydroxylation is 1. The van der Waals surface area contributed by atoms with Gasteiger partial charge in [0.2, 0.25) is 0 Å². The van der Waals surface area contributed by atoms with E-state index in [1.54, 1.807) is 42.1 Å². The zero-order valence-corrected chi connectivity index (χ0v) is 19.7. The number of anilines is 1. The minimum absolute atomic E-state index is 0.0196. The predicted octanol–water partition coefficient (Wildman–Crippen LogP) is 4.03. The molecule has 2 aromatic heterocycles. The van der Waals surface area contributed by atoms with Crippen molar-refractivity contribution in [1.29, 1.82) is 0 Å². The summed E-state index contributed by atoms with van der Waals surface area (Å²) in [6.45, 7) is 1.81. The number of methoxy groups -OCH3 is 1. The van der Waals surface area contributed by atoms with Crippen LogP contribution in [-0.4, -0.2) is 47.7 Å². The van der Waals surface area contributed by atoms with Crippen molar-refractivity contribution in [2.75, 3.05) is 23.9 Å². The molecule has 0 unspecified atom stereocenters. The number of pyridine rings is 1. The highest BCUT2D eigenvalue weighted by atomic mass is 32.2. The lowest BCUT2D eigenvalue weighted by Gasteiger charge is -2.13. The quantitative estimate of drug-likeness (QED) is 0.467. The molecule has 1 aliphatic heterocycles. The maximum atomic E-state index is 13.5. The van der Waals surface area contributed by atoms with Crippen molar-refractivity contribution >= 4 is 32.5 Å². The smallest absolute Gasteiger partial charge is 0.256 e. The SMILES string of the molecule is COc1cccc(NC(=O)c2cc(-c3ccccc3)nc3c2c(C)nn3[C@H]2CCS(=O)(=O)C2)c1. The van der Waals surface area contributed by atoms with E-state index in [-0.39, 0.29) is 23.5 Å². The topological polar surface area (TPSA) is 103 Å². The van der Waals surface area contributed by atoms with Gasteiger partial charge in [0.05, 0.1) is 47.0 Å². The summed E-state index contributed by atoms with van der Waals surface area (Å²) < 4.78 is 31.2. The van der Waals surface area contributed by atoms with Gasteiger partial charge in [-0.2, -0.15) is 5.10 Å². The van der Waals surface area contributed by atoms with Gasteiger partial charge in [-0.1, -0.05) is 36.4 Å². The minimum Gasteiger partial charge on any atom is -0.497 e. The van der Waals surface area contributed by atoms with E-state index >= 15 is 0 Å². The van der Waals surface area contributed by atoms with Crippen LogP contribution in [0.4, 0.5) is 5.69 Å². The lowest BCUT2D eigenvalue weighted by molar-refractivity contribution is 0.102. The Labute approximate surface area is 197 Å². The van der Waals surface area contributed by atoms with Crippen LogP contribution in [0.1, 0.15) is 28.5 Å². The first-order valence-electron chi connectivity index (χ1n) is 11.0. The first-order chi connectivity index (χ1) is 16.3. The summed E-state index contributed by atoms with van der Waals surface area (Å²) in [4.78, 5) is 18.3. The third-order valence-electron chi connectivity index (χ3n) is 6.03. The first kappa shape index (κ1) is 22.1. The van der Waals surface area contributed by atoms with Gasteiger partial charge in [0.15, 0.2) is 15.5 Å². The normalized spacial score (nSPS) is 17.1. The summed E-state index contributed by atoms with van der Waals surface area (Å²) in [6.07, 6.45) is 0.473. The summed E-state index contributed by atoms with van der Waals surface area (Å²) in [6, 6.07) is 18.2. The molecule has 1 fully saturated rings. The molecule has 9 heteroatoms. The van der Waals surface area contributed by atoms with Crippen LogP contribution in [0.5, 0.6) is 5.75 Å². The zero-order valence-electron chi connectivity index (χ0n) is 18.9. The van der Waals surface area contributed by atoms with Crippen molar-refractivity contribution < 1.29 is 17.9 Å². The van der Waals surface area contributed by atoms with Gasteiger partial charge in [-0.05, 0) is 31.5 Å². The number of hydrogen-bond acceptors (Lipinski definition) is 6. The number of ether oxygens (including phenoxy) is 1. The maximum Gasteiger partial charge on any atom is 0.256 e. The van der Waals surface area contributed by atoms with Crippen LogP contribution in [0.2, 0.25) is 0 Å². The van der Waals surface area contributed by atoms with Crippen LogP contribution in [0.3, 0.4) is 0 Å². The summed E-state index contributed by atoms with van der Waals surface area (Å²) >= 11 is 0. The van der Waals surface area contributed by atoms with Gasteiger partial charge < -0.3 is 10.1 Å². The zero-order chi connectivity index (χ0) is 23.9. The van der Waals surface area contributed by atoms with E-state index in [0.717, 1.165) is 5.56 Å². The third-order valence-corrected chi connectivity index (χ3v) is 7.78. The average molecular weight is 477 g/mol. The second kappa shape index (κ2) is 8.57. The van der Waals surface area contributed by atoms with E-state index in [1.165, 1.54) is 0 Å². The monoisotopic (exact) mass is 476 g/mol. The molecule has 1 N–H and O–H groups in total. The van der Waals surface area contributed by atoms with Crippen molar-refractivity contribution in [2.24, 2.45) is 0 Å². The molecule has 2 aromatic carbocycles. The number of carbonyl (C=O) groups is 1. The Balaban J connectivity index is 1.66. The summed E-state index contributed by atoms with van der Waals surface area (Å²) in [5.41, 5.74) is 3.63. The Bertz CT molecular complexity index is 1500. The predicted molar refractivity (Wildman–Crippen MR) is 131 cm³/mol. The van der Waals surface area contributed by atoms with Crippen molar-refractivity contribution in [3.05, 3.63) is 71.9 Å². The maximum absolute atomic E-state index is 13.5.